The Morgan fingerprint density at radius 3 is 3.18 bits per heavy atom. The first kappa shape index (κ1) is 7.89. The fourth-order valence-electron chi connectivity index (χ4n) is 0.692. The molecule has 0 aromatic carbocycles. The zero-order valence-corrected chi connectivity index (χ0v) is 6.81. The van der Waals surface area contributed by atoms with E-state index in [9.17, 15) is 4.79 Å². The van der Waals surface area contributed by atoms with Gasteiger partial charge in [-0.1, -0.05) is 6.92 Å². The highest BCUT2D eigenvalue weighted by Crippen LogP contribution is 2.12. The largest absolute Gasteiger partial charge is 0.292 e. The van der Waals surface area contributed by atoms with E-state index in [1.54, 1.807) is 6.92 Å². The van der Waals surface area contributed by atoms with E-state index in [1.807, 2.05) is 6.07 Å². The summed E-state index contributed by atoms with van der Waals surface area (Å²) in [5.74, 6) is -0.0669. The van der Waals surface area contributed by atoms with Crippen LogP contribution in [0.2, 0.25) is 0 Å². The first-order valence-corrected chi connectivity index (χ1v) is 4.04. The first-order valence-electron chi connectivity index (χ1n) is 3.16. The van der Waals surface area contributed by atoms with Crippen LogP contribution in [0.15, 0.2) is 5.51 Å². The molecule has 0 aliphatic heterocycles. The quantitative estimate of drug-likeness (QED) is 0.627. The van der Waals surface area contributed by atoms with E-state index in [-0.39, 0.29) is 5.78 Å². The lowest BCUT2D eigenvalue weighted by Gasteiger charge is -1.88. The summed E-state index contributed by atoms with van der Waals surface area (Å²) in [7, 11) is 0. The van der Waals surface area contributed by atoms with Crippen LogP contribution >= 0.6 is 11.3 Å². The van der Waals surface area contributed by atoms with Crippen molar-refractivity contribution in [2.75, 3.05) is 0 Å². The lowest BCUT2D eigenvalue weighted by Crippen LogP contribution is -1.98. The number of nitrogens with zero attached hydrogens (tertiary/aromatic N) is 2. The maximum atomic E-state index is 11.0. The Bertz CT molecular complexity index is 310. The first-order chi connectivity index (χ1) is 5.29. The second-order valence-corrected chi connectivity index (χ2v) is 2.77. The number of hydrogen-bond acceptors (Lipinski definition) is 4. The maximum Gasteiger partial charge on any atom is 0.183 e. The molecule has 1 aromatic heterocycles. The van der Waals surface area contributed by atoms with Crippen molar-refractivity contribution in [1.82, 2.24) is 4.98 Å². The summed E-state index contributed by atoms with van der Waals surface area (Å²) >= 11 is 1.20. The van der Waals surface area contributed by atoms with Gasteiger partial charge in [-0.25, -0.2) is 4.98 Å². The van der Waals surface area contributed by atoms with Crippen LogP contribution in [0.25, 0.3) is 0 Å². The van der Waals surface area contributed by atoms with Gasteiger partial charge in [0.25, 0.3) is 0 Å². The van der Waals surface area contributed by atoms with Gasteiger partial charge in [-0.3, -0.25) is 4.79 Å². The van der Waals surface area contributed by atoms with Crippen LogP contribution in [-0.4, -0.2) is 10.8 Å². The normalized spacial score (nSPS) is 9.09. The molecule has 0 aliphatic carbocycles. The molecule has 1 aromatic rings. The van der Waals surface area contributed by atoms with Crippen molar-refractivity contribution < 1.29 is 4.79 Å². The number of aromatic nitrogens is 1. The molecule has 1 rings (SSSR count). The Balaban J connectivity index is 3.05. The molecule has 0 atom stereocenters. The van der Waals surface area contributed by atoms with Crippen molar-refractivity contribution in [2.45, 2.75) is 13.3 Å². The second-order valence-electron chi connectivity index (χ2n) is 1.92. The minimum Gasteiger partial charge on any atom is -0.292 e. The SMILES string of the molecule is CCC(=O)c1ncsc1C#N. The zero-order chi connectivity index (χ0) is 8.27. The molecule has 0 saturated carbocycles. The van der Waals surface area contributed by atoms with Crippen molar-refractivity contribution in [2.24, 2.45) is 0 Å². The van der Waals surface area contributed by atoms with Crippen molar-refractivity contribution >= 4 is 17.1 Å². The van der Waals surface area contributed by atoms with Gasteiger partial charge in [-0.2, -0.15) is 5.26 Å². The monoisotopic (exact) mass is 166 g/mol. The topological polar surface area (TPSA) is 53.8 Å². The minimum atomic E-state index is -0.0669. The third kappa shape index (κ3) is 1.44. The van der Waals surface area contributed by atoms with Crippen molar-refractivity contribution in [3.05, 3.63) is 16.1 Å². The Kier molecular flexibility index (Phi) is 2.34. The Morgan fingerprint density at radius 2 is 2.64 bits per heavy atom. The Labute approximate surface area is 68.3 Å². The third-order valence-corrected chi connectivity index (χ3v) is 1.99. The molecule has 1 heterocycles. The van der Waals surface area contributed by atoms with E-state index in [0.717, 1.165) is 0 Å². The molecule has 0 radical (unpaired) electrons. The highest BCUT2D eigenvalue weighted by molar-refractivity contribution is 7.10. The summed E-state index contributed by atoms with van der Waals surface area (Å²) in [5, 5.41) is 8.52. The van der Waals surface area contributed by atoms with Gasteiger partial charge in [0.05, 0.1) is 5.51 Å². The van der Waals surface area contributed by atoms with Crippen LogP contribution in [0, 0.1) is 11.3 Å². The molecular formula is C7H6N2OS. The molecule has 0 saturated heterocycles. The van der Waals surface area contributed by atoms with E-state index in [2.05, 4.69) is 4.98 Å². The Hall–Kier alpha value is -1.21. The molecule has 0 spiro atoms. The summed E-state index contributed by atoms with van der Waals surface area (Å²) < 4.78 is 0. The number of hydrogen-bond donors (Lipinski definition) is 0. The lowest BCUT2D eigenvalue weighted by molar-refractivity contribution is 0.0984. The van der Waals surface area contributed by atoms with Crippen molar-refractivity contribution in [3.63, 3.8) is 0 Å². The van der Waals surface area contributed by atoms with Gasteiger partial charge in [0.1, 0.15) is 16.6 Å². The van der Waals surface area contributed by atoms with Crippen LogP contribution in [-0.2, 0) is 0 Å². The molecule has 4 heteroatoms. The van der Waals surface area contributed by atoms with Crippen LogP contribution < -0.4 is 0 Å². The van der Waals surface area contributed by atoms with Gasteiger partial charge in [-0.05, 0) is 0 Å². The van der Waals surface area contributed by atoms with E-state index in [1.165, 1.54) is 16.8 Å². The van der Waals surface area contributed by atoms with Gasteiger partial charge < -0.3 is 0 Å². The van der Waals surface area contributed by atoms with E-state index >= 15 is 0 Å². The molecule has 0 unspecified atom stereocenters. The molecule has 0 aliphatic rings. The molecule has 3 nitrogen and oxygen atoms in total. The summed E-state index contributed by atoms with van der Waals surface area (Å²) in [6, 6.07) is 1.93. The smallest absolute Gasteiger partial charge is 0.183 e. The standard InChI is InChI=1S/C7H6N2OS/c1-2-5(10)7-6(3-8)11-4-9-7/h4H,2H2,1H3. The maximum absolute atomic E-state index is 11.0. The molecule has 0 amide bonds. The van der Waals surface area contributed by atoms with E-state index < -0.39 is 0 Å². The summed E-state index contributed by atoms with van der Waals surface area (Å²) in [6.45, 7) is 1.75. The molecule has 0 N–H and O–H groups in total. The second kappa shape index (κ2) is 3.26. The molecule has 56 valence electrons. The predicted molar refractivity (Wildman–Crippen MR) is 41.5 cm³/mol. The number of rotatable bonds is 2. The average Bonchev–Trinajstić information content (AvgIpc) is 2.50. The van der Waals surface area contributed by atoms with Gasteiger partial charge in [-0.15, -0.1) is 11.3 Å². The number of carbonyl (C=O) groups is 1. The molecular weight excluding hydrogens is 160 g/mol. The Morgan fingerprint density at radius 1 is 1.91 bits per heavy atom. The number of ketones is 1. The highest BCUT2D eigenvalue weighted by atomic mass is 32.1. The average molecular weight is 166 g/mol. The molecule has 11 heavy (non-hydrogen) atoms. The van der Waals surface area contributed by atoms with Crippen molar-refractivity contribution in [3.8, 4) is 6.07 Å². The van der Waals surface area contributed by atoms with Crippen LogP contribution in [0.5, 0.6) is 0 Å². The lowest BCUT2D eigenvalue weighted by atomic mass is 10.2. The van der Waals surface area contributed by atoms with Crippen LogP contribution in [0.3, 0.4) is 0 Å². The summed E-state index contributed by atoms with van der Waals surface area (Å²) in [5.41, 5.74) is 1.83. The fourth-order valence-corrected chi connectivity index (χ4v) is 1.29. The number of nitriles is 1. The highest BCUT2D eigenvalue weighted by Gasteiger charge is 2.11. The van der Waals surface area contributed by atoms with Gasteiger partial charge >= 0.3 is 0 Å². The third-order valence-electron chi connectivity index (χ3n) is 1.25. The predicted octanol–water partition coefficient (Wildman–Crippen LogP) is 1.61. The molecule has 0 fully saturated rings. The van der Waals surface area contributed by atoms with E-state index in [4.69, 9.17) is 5.26 Å². The van der Waals surface area contributed by atoms with Crippen LogP contribution in [0.1, 0.15) is 28.7 Å². The minimum absolute atomic E-state index is 0.0669. The number of Topliss-reactive ketones (excluding diaryl/α,β-unsaturated/α-hetero) is 1. The van der Waals surface area contributed by atoms with Gasteiger partial charge in [0, 0.05) is 6.42 Å². The van der Waals surface area contributed by atoms with E-state index in [0.29, 0.717) is 17.0 Å². The summed E-state index contributed by atoms with van der Waals surface area (Å²) in [6.07, 6.45) is 0.401. The molecule has 0 bridgehead atoms. The van der Waals surface area contributed by atoms with Gasteiger partial charge in [0.2, 0.25) is 0 Å². The zero-order valence-electron chi connectivity index (χ0n) is 6.00. The fraction of sp³-hybridized carbons (Fsp3) is 0.286. The van der Waals surface area contributed by atoms with Crippen LogP contribution in [0.4, 0.5) is 0 Å². The van der Waals surface area contributed by atoms with Gasteiger partial charge in [0.15, 0.2) is 5.78 Å². The summed E-state index contributed by atoms with van der Waals surface area (Å²) in [4.78, 5) is 15.3. The number of thiazole rings is 1. The van der Waals surface area contributed by atoms with Crippen molar-refractivity contribution in [1.29, 1.82) is 5.26 Å². The number of carbonyl (C=O) groups excluding carboxylic acids is 1.